The zero-order valence-electron chi connectivity index (χ0n) is 28.5. The molecule has 1 aliphatic heterocycles. The van der Waals surface area contributed by atoms with Gasteiger partial charge in [-0.1, -0.05) is 55.3 Å². The third kappa shape index (κ3) is 9.29. The van der Waals surface area contributed by atoms with Crippen LogP contribution in [-0.4, -0.2) is 85.4 Å². The first-order chi connectivity index (χ1) is 22.9. The lowest BCUT2D eigenvalue weighted by atomic mass is 10.0. The first-order valence-corrected chi connectivity index (χ1v) is 16.7. The number of unbranched alkanes of at least 4 members (excludes halogenated alkanes) is 3. The number of hydrogen-bond acceptors (Lipinski definition) is 9. The molecule has 2 heterocycles. The van der Waals surface area contributed by atoms with E-state index >= 15 is 0 Å². The molecular weight excluding hydrogens is 614 g/mol. The number of amides is 3. The lowest BCUT2D eigenvalue weighted by Gasteiger charge is -2.30. The molecule has 2 aromatic rings. The van der Waals surface area contributed by atoms with E-state index in [1.807, 2.05) is 36.4 Å². The van der Waals surface area contributed by atoms with E-state index in [2.05, 4.69) is 39.2 Å². The fraction of sp³-hybridized carbons (Fsp3) is 0.571. The van der Waals surface area contributed by atoms with Crippen LogP contribution in [0.2, 0.25) is 0 Å². The number of benzene rings is 1. The van der Waals surface area contributed by atoms with Crippen molar-refractivity contribution in [3.8, 4) is 0 Å². The van der Waals surface area contributed by atoms with Crippen LogP contribution >= 0.6 is 0 Å². The van der Waals surface area contributed by atoms with Gasteiger partial charge in [-0.15, -0.1) is 23.4 Å². The Labute approximate surface area is 282 Å². The Morgan fingerprint density at radius 1 is 1.12 bits per heavy atom. The summed E-state index contributed by atoms with van der Waals surface area (Å²) < 4.78 is 10.8. The molecule has 1 aromatic heterocycles. The molecule has 4 rings (SSSR count). The molecule has 1 unspecified atom stereocenters. The Balaban J connectivity index is 1.59. The summed E-state index contributed by atoms with van der Waals surface area (Å²) >= 11 is 0. The minimum atomic E-state index is -1.24. The van der Waals surface area contributed by atoms with E-state index in [-0.39, 0.29) is 25.5 Å². The average molecular weight is 664 g/mol. The predicted molar refractivity (Wildman–Crippen MR) is 178 cm³/mol. The smallest absolute Gasteiger partial charge is 0.408 e. The molecule has 2 fully saturated rings. The van der Waals surface area contributed by atoms with Crippen molar-refractivity contribution in [3.63, 3.8) is 0 Å². The molecule has 5 atom stereocenters. The lowest BCUT2D eigenvalue weighted by Crippen LogP contribution is -2.56. The van der Waals surface area contributed by atoms with Gasteiger partial charge in [0.2, 0.25) is 11.8 Å². The molecule has 0 bridgehead atoms. The van der Waals surface area contributed by atoms with E-state index in [0.29, 0.717) is 31.6 Å². The van der Waals surface area contributed by atoms with E-state index in [1.165, 1.54) is 9.70 Å². The number of aromatic nitrogens is 4. The monoisotopic (exact) mass is 663 g/mol. The maximum absolute atomic E-state index is 14.3. The molecule has 0 radical (unpaired) electrons. The highest BCUT2D eigenvalue weighted by Gasteiger charge is 2.62. The van der Waals surface area contributed by atoms with Crippen molar-refractivity contribution in [2.24, 2.45) is 5.92 Å². The van der Waals surface area contributed by atoms with Gasteiger partial charge in [-0.05, 0) is 70.6 Å². The quantitative estimate of drug-likeness (QED) is 0.154. The molecule has 260 valence electrons. The SMILES string of the molecule is C=CCCCCC[C@H](NC(=O)OC(C)(C)C)C(=O)N1C[C@H](c2nnn(Cc3ccccc3)n2)C[C@H]1C(=O)NC1(C(=O)OCC)C[C@H]1C=C. The summed E-state index contributed by atoms with van der Waals surface area (Å²) in [5.74, 6) is -1.77. The maximum Gasteiger partial charge on any atom is 0.408 e. The van der Waals surface area contributed by atoms with Gasteiger partial charge in [0, 0.05) is 18.4 Å². The molecule has 13 nitrogen and oxygen atoms in total. The Kier molecular flexibility index (Phi) is 12.1. The fourth-order valence-corrected chi connectivity index (χ4v) is 6.03. The number of nitrogens with one attached hydrogen (secondary N) is 2. The third-order valence-electron chi connectivity index (χ3n) is 8.56. The average Bonchev–Trinajstić information content (AvgIpc) is 3.33. The van der Waals surface area contributed by atoms with E-state index in [9.17, 15) is 19.2 Å². The molecule has 1 aromatic carbocycles. The van der Waals surface area contributed by atoms with Gasteiger partial charge in [-0.2, -0.15) is 4.80 Å². The number of tetrazole rings is 1. The highest BCUT2D eigenvalue weighted by Crippen LogP contribution is 2.46. The summed E-state index contributed by atoms with van der Waals surface area (Å²) in [5.41, 5.74) is -1.01. The van der Waals surface area contributed by atoms with Crippen molar-refractivity contribution in [1.29, 1.82) is 0 Å². The number of allylic oxidation sites excluding steroid dienone is 1. The molecule has 13 heteroatoms. The van der Waals surface area contributed by atoms with Crippen molar-refractivity contribution in [2.45, 2.75) is 108 Å². The molecule has 1 saturated heterocycles. The summed E-state index contributed by atoms with van der Waals surface area (Å²) in [5, 5.41) is 18.8. The Hall–Kier alpha value is -4.55. The number of ether oxygens (including phenoxy) is 2. The number of nitrogens with zero attached hydrogens (tertiary/aromatic N) is 5. The minimum Gasteiger partial charge on any atom is -0.464 e. The van der Waals surface area contributed by atoms with Crippen LogP contribution < -0.4 is 10.6 Å². The van der Waals surface area contributed by atoms with E-state index < -0.39 is 53.0 Å². The number of carbonyl (C=O) groups excluding carboxylic acids is 4. The Bertz CT molecular complexity index is 1450. The largest absolute Gasteiger partial charge is 0.464 e. The van der Waals surface area contributed by atoms with E-state index in [0.717, 1.165) is 24.8 Å². The molecule has 1 aliphatic carbocycles. The second-order valence-corrected chi connectivity index (χ2v) is 13.5. The van der Waals surface area contributed by atoms with Gasteiger partial charge in [0.15, 0.2) is 5.82 Å². The molecule has 0 spiro atoms. The minimum absolute atomic E-state index is 0.119. The van der Waals surface area contributed by atoms with Gasteiger partial charge in [-0.25, -0.2) is 9.59 Å². The van der Waals surface area contributed by atoms with Crippen molar-refractivity contribution < 1.29 is 28.7 Å². The third-order valence-corrected chi connectivity index (χ3v) is 8.56. The Morgan fingerprint density at radius 2 is 1.88 bits per heavy atom. The fourth-order valence-electron chi connectivity index (χ4n) is 6.03. The van der Waals surface area contributed by atoms with Crippen LogP contribution in [0.1, 0.15) is 89.9 Å². The van der Waals surface area contributed by atoms with Gasteiger partial charge >= 0.3 is 12.1 Å². The van der Waals surface area contributed by atoms with E-state index in [4.69, 9.17) is 9.47 Å². The zero-order chi connectivity index (χ0) is 34.9. The van der Waals surface area contributed by atoms with Crippen molar-refractivity contribution in [1.82, 2.24) is 35.7 Å². The maximum atomic E-state index is 14.3. The summed E-state index contributed by atoms with van der Waals surface area (Å²) in [4.78, 5) is 57.2. The number of hydrogen-bond donors (Lipinski definition) is 2. The van der Waals surface area contributed by atoms with Crippen LogP contribution in [-0.2, 0) is 30.4 Å². The van der Waals surface area contributed by atoms with Gasteiger partial charge in [0.1, 0.15) is 23.2 Å². The zero-order valence-corrected chi connectivity index (χ0v) is 28.5. The van der Waals surface area contributed by atoms with Crippen LogP contribution in [0.25, 0.3) is 0 Å². The molecule has 48 heavy (non-hydrogen) atoms. The lowest BCUT2D eigenvalue weighted by molar-refractivity contribution is -0.150. The van der Waals surface area contributed by atoms with Gasteiger partial charge in [0.05, 0.1) is 13.2 Å². The van der Waals surface area contributed by atoms with Crippen LogP contribution in [0.3, 0.4) is 0 Å². The summed E-state index contributed by atoms with van der Waals surface area (Å²) in [6, 6.07) is 7.79. The standard InChI is InChI=1S/C35H49N7O6/c1-7-10-11-12-16-19-27(36-33(46)48-34(4,5)6)31(44)41-23-25(29-38-40-42(39-29)22-24-17-14-13-15-18-24)20-28(41)30(43)37-35(21-26(35)8-2)32(45)47-9-3/h7-8,13-15,17-18,25-28H,1-2,9-12,16,19-23H2,3-6H3,(H,36,46)(H,37,43)/t25-,26-,27+,28+,35?/m1/s1. The second-order valence-electron chi connectivity index (χ2n) is 13.5. The van der Waals surface area contributed by atoms with Gasteiger partial charge in [0.25, 0.3) is 0 Å². The van der Waals surface area contributed by atoms with Crippen molar-refractivity contribution in [2.75, 3.05) is 13.2 Å². The number of carbonyl (C=O) groups is 4. The normalized spacial score (nSPS) is 22.3. The highest BCUT2D eigenvalue weighted by molar-refractivity contribution is 5.96. The first-order valence-electron chi connectivity index (χ1n) is 16.7. The molecule has 3 amide bonds. The summed E-state index contributed by atoms with van der Waals surface area (Å²) in [6.45, 7) is 15.2. The van der Waals surface area contributed by atoms with Gasteiger partial charge in [-0.3, -0.25) is 9.59 Å². The number of esters is 1. The molecule has 2 aliphatic rings. The van der Waals surface area contributed by atoms with Crippen molar-refractivity contribution in [3.05, 3.63) is 67.0 Å². The molecule has 1 saturated carbocycles. The van der Waals surface area contributed by atoms with Gasteiger partial charge < -0.3 is 25.0 Å². The number of alkyl carbamates (subject to hydrolysis) is 1. The van der Waals surface area contributed by atoms with Crippen LogP contribution in [0.5, 0.6) is 0 Å². The number of rotatable bonds is 16. The van der Waals surface area contributed by atoms with Crippen LogP contribution in [0.4, 0.5) is 4.79 Å². The molecular formula is C35H49N7O6. The molecule has 2 N–H and O–H groups in total. The number of likely N-dealkylation sites (tertiary alicyclic amines) is 1. The highest BCUT2D eigenvalue weighted by atomic mass is 16.6. The van der Waals surface area contributed by atoms with Crippen molar-refractivity contribution >= 4 is 23.9 Å². The van der Waals surface area contributed by atoms with Crippen LogP contribution in [0.15, 0.2) is 55.6 Å². The topological polar surface area (TPSA) is 158 Å². The predicted octanol–water partition coefficient (Wildman–Crippen LogP) is 4.06. The van der Waals surface area contributed by atoms with E-state index in [1.54, 1.807) is 33.8 Å². The summed E-state index contributed by atoms with van der Waals surface area (Å²) in [7, 11) is 0. The summed E-state index contributed by atoms with van der Waals surface area (Å²) in [6.07, 6.45) is 6.90. The Morgan fingerprint density at radius 3 is 2.52 bits per heavy atom. The first kappa shape index (κ1) is 36.3. The van der Waals surface area contributed by atoms with Crippen LogP contribution in [0, 0.1) is 5.92 Å². The second kappa shape index (κ2) is 16.0.